The molecule has 0 aromatic heterocycles. The van der Waals surface area contributed by atoms with Crippen molar-refractivity contribution >= 4 is 23.3 Å². The van der Waals surface area contributed by atoms with E-state index in [1.165, 1.54) is 7.11 Å². The van der Waals surface area contributed by atoms with Crippen molar-refractivity contribution in [1.29, 1.82) is 0 Å². The first-order valence-electron chi connectivity index (χ1n) is 6.71. The molecule has 0 aliphatic carbocycles. The average molecular weight is 321 g/mol. The lowest BCUT2D eigenvalue weighted by molar-refractivity contribution is 0.225. The van der Waals surface area contributed by atoms with E-state index in [2.05, 4.69) is 10.6 Å². The molecule has 116 valence electrons. The van der Waals surface area contributed by atoms with E-state index in [1.54, 1.807) is 18.2 Å². The van der Waals surface area contributed by atoms with Crippen LogP contribution in [0.25, 0.3) is 0 Å². The van der Waals surface area contributed by atoms with E-state index in [0.717, 1.165) is 5.56 Å². The molecule has 0 bridgehead atoms. The Morgan fingerprint density at radius 2 is 2.00 bits per heavy atom. The van der Waals surface area contributed by atoms with E-state index >= 15 is 0 Å². The van der Waals surface area contributed by atoms with E-state index in [9.17, 15) is 9.90 Å². The van der Waals surface area contributed by atoms with Crippen molar-refractivity contribution in [2.45, 2.75) is 6.04 Å². The van der Waals surface area contributed by atoms with Crippen molar-refractivity contribution in [3.8, 4) is 5.75 Å². The minimum atomic E-state index is -0.477. The van der Waals surface area contributed by atoms with Crippen molar-refractivity contribution < 1.29 is 14.6 Å². The van der Waals surface area contributed by atoms with Crippen LogP contribution in [-0.4, -0.2) is 24.9 Å². The van der Waals surface area contributed by atoms with Gasteiger partial charge in [-0.2, -0.15) is 0 Å². The van der Waals surface area contributed by atoms with Gasteiger partial charge in [0.2, 0.25) is 0 Å². The molecule has 2 aromatic carbocycles. The normalized spacial score (nSPS) is 11.6. The van der Waals surface area contributed by atoms with Crippen molar-refractivity contribution in [2.75, 3.05) is 19.0 Å². The van der Waals surface area contributed by atoms with E-state index in [-0.39, 0.29) is 6.61 Å². The monoisotopic (exact) mass is 320 g/mol. The molecule has 3 N–H and O–H groups in total. The third-order valence-electron chi connectivity index (χ3n) is 3.10. The molecule has 0 fully saturated rings. The maximum absolute atomic E-state index is 12.0. The second kappa shape index (κ2) is 7.68. The second-order valence-electron chi connectivity index (χ2n) is 4.59. The standard InChI is InChI=1S/C16H17ClN2O3/c1-22-15-8-7-12(9-13(15)17)18-16(21)19-14(10-20)11-5-3-2-4-6-11/h2-9,14,20H,10H2,1H3,(H2,18,19,21)/t14-/m1/s1. The molecule has 0 aliphatic heterocycles. The van der Waals surface area contributed by atoms with Crippen LogP contribution in [0, 0.1) is 0 Å². The SMILES string of the molecule is COc1ccc(NC(=O)N[C@H](CO)c2ccccc2)cc1Cl. The minimum Gasteiger partial charge on any atom is -0.495 e. The Kier molecular flexibility index (Phi) is 5.63. The quantitative estimate of drug-likeness (QED) is 0.792. The van der Waals surface area contributed by atoms with Crippen molar-refractivity contribution in [3.63, 3.8) is 0 Å². The summed E-state index contributed by atoms with van der Waals surface area (Å²) in [6.45, 7) is -0.194. The lowest BCUT2D eigenvalue weighted by Gasteiger charge is -2.17. The summed E-state index contributed by atoms with van der Waals surface area (Å²) in [6.07, 6.45) is 0. The van der Waals surface area contributed by atoms with Gasteiger partial charge in [-0.25, -0.2) is 4.79 Å². The van der Waals surface area contributed by atoms with Crippen LogP contribution in [0.1, 0.15) is 11.6 Å². The molecular formula is C16H17ClN2O3. The summed E-state index contributed by atoms with van der Waals surface area (Å²) in [5.41, 5.74) is 1.36. The average Bonchev–Trinajstić information content (AvgIpc) is 2.53. The van der Waals surface area contributed by atoms with E-state index in [4.69, 9.17) is 16.3 Å². The number of benzene rings is 2. The van der Waals surface area contributed by atoms with Crippen LogP contribution in [0.5, 0.6) is 5.75 Å². The maximum Gasteiger partial charge on any atom is 0.319 e. The zero-order valence-electron chi connectivity index (χ0n) is 12.0. The number of hydrogen-bond donors (Lipinski definition) is 3. The number of hydrogen-bond acceptors (Lipinski definition) is 3. The fourth-order valence-corrected chi connectivity index (χ4v) is 2.25. The van der Waals surface area contributed by atoms with Crippen LogP contribution < -0.4 is 15.4 Å². The van der Waals surface area contributed by atoms with Gasteiger partial charge in [-0.3, -0.25) is 0 Å². The van der Waals surface area contributed by atoms with Crippen LogP contribution in [0.2, 0.25) is 5.02 Å². The fourth-order valence-electron chi connectivity index (χ4n) is 1.99. The predicted molar refractivity (Wildman–Crippen MR) is 86.4 cm³/mol. The number of aliphatic hydroxyl groups excluding tert-OH is 1. The van der Waals surface area contributed by atoms with Gasteiger partial charge >= 0.3 is 6.03 Å². The third kappa shape index (κ3) is 4.13. The molecule has 6 heteroatoms. The number of nitrogens with one attached hydrogen (secondary N) is 2. The van der Waals surface area contributed by atoms with Gasteiger partial charge in [-0.1, -0.05) is 41.9 Å². The third-order valence-corrected chi connectivity index (χ3v) is 3.39. The van der Waals surface area contributed by atoms with Crippen LogP contribution in [0.3, 0.4) is 0 Å². The van der Waals surface area contributed by atoms with Gasteiger partial charge in [0.15, 0.2) is 0 Å². The number of halogens is 1. The molecular weight excluding hydrogens is 304 g/mol. The highest BCUT2D eigenvalue weighted by molar-refractivity contribution is 6.32. The van der Waals surface area contributed by atoms with Crippen LogP contribution >= 0.6 is 11.6 Å². The summed E-state index contributed by atoms with van der Waals surface area (Å²) in [6, 6.07) is 13.3. The molecule has 0 heterocycles. The van der Waals surface area contributed by atoms with Gasteiger partial charge in [0, 0.05) is 5.69 Å². The van der Waals surface area contributed by atoms with Crippen molar-refractivity contribution in [1.82, 2.24) is 5.32 Å². The number of methoxy groups -OCH3 is 1. The van der Waals surface area contributed by atoms with E-state index in [0.29, 0.717) is 16.5 Å². The van der Waals surface area contributed by atoms with Crippen molar-refractivity contribution in [3.05, 3.63) is 59.1 Å². The molecule has 1 atom stereocenters. The van der Waals surface area contributed by atoms with Gasteiger partial charge in [-0.05, 0) is 23.8 Å². The summed E-state index contributed by atoms with van der Waals surface area (Å²) < 4.78 is 5.05. The number of anilines is 1. The number of amides is 2. The molecule has 0 saturated heterocycles. The largest absolute Gasteiger partial charge is 0.495 e. The Morgan fingerprint density at radius 3 is 2.59 bits per heavy atom. The highest BCUT2D eigenvalue weighted by Crippen LogP contribution is 2.27. The smallest absolute Gasteiger partial charge is 0.319 e. The molecule has 0 unspecified atom stereocenters. The summed E-state index contributed by atoms with van der Waals surface area (Å²) >= 11 is 6.01. The van der Waals surface area contributed by atoms with Gasteiger partial charge in [-0.15, -0.1) is 0 Å². The highest BCUT2D eigenvalue weighted by Gasteiger charge is 2.13. The van der Waals surface area contributed by atoms with E-state index in [1.807, 2.05) is 30.3 Å². The van der Waals surface area contributed by atoms with Crippen molar-refractivity contribution in [2.24, 2.45) is 0 Å². The van der Waals surface area contributed by atoms with Gasteiger partial charge in [0.25, 0.3) is 0 Å². The zero-order valence-corrected chi connectivity index (χ0v) is 12.8. The highest BCUT2D eigenvalue weighted by atomic mass is 35.5. The molecule has 2 amide bonds. The van der Waals surface area contributed by atoms with Crippen LogP contribution in [0.15, 0.2) is 48.5 Å². The lowest BCUT2D eigenvalue weighted by Crippen LogP contribution is -2.34. The predicted octanol–water partition coefficient (Wildman–Crippen LogP) is 3.20. The molecule has 0 spiro atoms. The number of carbonyl (C=O) groups excluding carboxylic acids is 1. The minimum absolute atomic E-state index is 0.194. The summed E-state index contributed by atoms with van der Waals surface area (Å²) in [5.74, 6) is 0.533. The Labute approximate surface area is 133 Å². The summed E-state index contributed by atoms with van der Waals surface area (Å²) in [7, 11) is 1.52. The number of carbonyl (C=O) groups is 1. The molecule has 22 heavy (non-hydrogen) atoms. The van der Waals surface area contributed by atoms with Gasteiger partial charge < -0.3 is 20.5 Å². The Morgan fingerprint density at radius 1 is 1.27 bits per heavy atom. The fraction of sp³-hybridized carbons (Fsp3) is 0.188. The first-order valence-corrected chi connectivity index (χ1v) is 7.08. The van der Waals surface area contributed by atoms with E-state index < -0.39 is 12.1 Å². The first kappa shape index (κ1) is 16.1. The molecule has 0 radical (unpaired) electrons. The number of aliphatic hydroxyl groups is 1. The second-order valence-corrected chi connectivity index (χ2v) is 5.00. The lowest BCUT2D eigenvalue weighted by atomic mass is 10.1. The zero-order chi connectivity index (χ0) is 15.9. The number of rotatable bonds is 5. The van der Waals surface area contributed by atoms with Crippen LogP contribution in [0.4, 0.5) is 10.5 Å². The number of ether oxygens (including phenoxy) is 1. The molecule has 0 aliphatic rings. The summed E-state index contributed by atoms with van der Waals surface area (Å²) in [4.78, 5) is 12.0. The van der Waals surface area contributed by atoms with Crippen LogP contribution in [-0.2, 0) is 0 Å². The van der Waals surface area contributed by atoms with Gasteiger partial charge in [0.1, 0.15) is 5.75 Å². The molecule has 0 saturated carbocycles. The Bertz CT molecular complexity index is 635. The summed E-state index contributed by atoms with van der Waals surface area (Å²) in [5, 5.41) is 15.2. The topological polar surface area (TPSA) is 70.6 Å². The Balaban J connectivity index is 2.01. The molecule has 2 rings (SSSR count). The maximum atomic E-state index is 12.0. The first-order chi connectivity index (χ1) is 10.6. The number of urea groups is 1. The molecule has 2 aromatic rings. The van der Waals surface area contributed by atoms with Gasteiger partial charge in [0.05, 0.1) is 24.8 Å². The molecule has 5 nitrogen and oxygen atoms in total. The Hall–Kier alpha value is -2.24.